The number of nitrogens with one attached hydrogen (secondary N) is 1. The molecule has 0 radical (unpaired) electrons. The maximum Gasteiger partial charge on any atom is 0.125 e. The summed E-state index contributed by atoms with van der Waals surface area (Å²) in [7, 11) is 2.07. The van der Waals surface area contributed by atoms with Gasteiger partial charge >= 0.3 is 0 Å². The molecule has 3 heteroatoms. The van der Waals surface area contributed by atoms with E-state index in [1.54, 1.807) is 6.07 Å². The maximum atomic E-state index is 13.1. The number of hydrogen-bond acceptors (Lipinski definition) is 2. The molecule has 0 aliphatic heterocycles. The minimum atomic E-state index is -0.210. The van der Waals surface area contributed by atoms with Crippen LogP contribution in [0, 0.1) is 19.7 Å². The molecule has 0 saturated carbocycles. The molecule has 2 aromatic carbocycles. The minimum absolute atomic E-state index is 0.210. The molecule has 2 rings (SSSR count). The highest BCUT2D eigenvalue weighted by molar-refractivity contribution is 5.54. The van der Waals surface area contributed by atoms with Crippen molar-refractivity contribution in [2.24, 2.45) is 0 Å². The number of hydrogen-bond donors (Lipinski definition) is 1. The van der Waals surface area contributed by atoms with Gasteiger partial charge in [0.05, 0.1) is 0 Å². The van der Waals surface area contributed by atoms with Gasteiger partial charge in [0.15, 0.2) is 0 Å². The van der Waals surface area contributed by atoms with E-state index in [-0.39, 0.29) is 5.82 Å². The summed E-state index contributed by atoms with van der Waals surface area (Å²) in [5, 5.41) is 3.24. The number of anilines is 2. The molecule has 0 bridgehead atoms. The summed E-state index contributed by atoms with van der Waals surface area (Å²) in [6, 6.07) is 13.0. The zero-order valence-corrected chi connectivity index (χ0v) is 12.3. The topological polar surface area (TPSA) is 15.3 Å². The molecule has 2 nitrogen and oxygen atoms in total. The van der Waals surface area contributed by atoms with Crippen molar-refractivity contribution < 1.29 is 4.39 Å². The lowest BCUT2D eigenvalue weighted by Crippen LogP contribution is -2.25. The molecule has 0 atom stereocenters. The Morgan fingerprint density at radius 3 is 2.60 bits per heavy atom. The van der Waals surface area contributed by atoms with Crippen LogP contribution in [0.15, 0.2) is 42.5 Å². The van der Waals surface area contributed by atoms with Crippen molar-refractivity contribution in [1.29, 1.82) is 0 Å². The first kappa shape index (κ1) is 14.4. The predicted octanol–water partition coefficient (Wildman–Crippen LogP) is 3.99. The van der Waals surface area contributed by atoms with Gasteiger partial charge in [-0.05, 0) is 43.7 Å². The fourth-order valence-electron chi connectivity index (χ4n) is 2.32. The molecular weight excluding hydrogens is 251 g/mol. The van der Waals surface area contributed by atoms with Gasteiger partial charge in [-0.3, -0.25) is 0 Å². The van der Waals surface area contributed by atoms with E-state index in [9.17, 15) is 4.39 Å². The van der Waals surface area contributed by atoms with E-state index in [1.165, 1.54) is 28.9 Å². The van der Waals surface area contributed by atoms with E-state index >= 15 is 0 Å². The fraction of sp³-hybridized carbons (Fsp3) is 0.294. The van der Waals surface area contributed by atoms with Crippen molar-refractivity contribution in [3.8, 4) is 0 Å². The Morgan fingerprint density at radius 1 is 1.10 bits per heavy atom. The molecule has 0 heterocycles. The Morgan fingerprint density at radius 2 is 1.90 bits per heavy atom. The quantitative estimate of drug-likeness (QED) is 0.885. The van der Waals surface area contributed by atoms with Crippen LogP contribution >= 0.6 is 0 Å². The molecule has 1 N–H and O–H groups in total. The third-order valence-corrected chi connectivity index (χ3v) is 3.36. The molecule has 0 saturated heterocycles. The molecule has 20 heavy (non-hydrogen) atoms. The highest BCUT2D eigenvalue weighted by Crippen LogP contribution is 2.19. The highest BCUT2D eigenvalue weighted by Gasteiger charge is 2.04. The number of aryl methyl sites for hydroxylation is 2. The lowest BCUT2D eigenvalue weighted by molar-refractivity contribution is 0.628. The van der Waals surface area contributed by atoms with Gasteiger partial charge in [-0.15, -0.1) is 0 Å². The van der Waals surface area contributed by atoms with Gasteiger partial charge in [0, 0.05) is 31.5 Å². The lowest BCUT2D eigenvalue weighted by atomic mass is 10.1. The monoisotopic (exact) mass is 272 g/mol. The van der Waals surface area contributed by atoms with E-state index in [2.05, 4.69) is 49.3 Å². The van der Waals surface area contributed by atoms with Crippen molar-refractivity contribution >= 4 is 11.4 Å². The second-order valence-electron chi connectivity index (χ2n) is 5.15. The van der Waals surface area contributed by atoms with E-state index in [1.807, 2.05) is 6.07 Å². The van der Waals surface area contributed by atoms with Gasteiger partial charge in [0.25, 0.3) is 0 Å². The fourth-order valence-corrected chi connectivity index (χ4v) is 2.32. The second kappa shape index (κ2) is 6.42. The Hall–Kier alpha value is -2.03. The normalized spacial score (nSPS) is 10.4. The largest absolute Gasteiger partial charge is 0.383 e. The molecular formula is C17H21FN2. The van der Waals surface area contributed by atoms with Gasteiger partial charge in [0.2, 0.25) is 0 Å². The van der Waals surface area contributed by atoms with Crippen LogP contribution in [0.5, 0.6) is 0 Å². The van der Waals surface area contributed by atoms with Crippen LogP contribution < -0.4 is 10.2 Å². The summed E-state index contributed by atoms with van der Waals surface area (Å²) >= 11 is 0. The van der Waals surface area contributed by atoms with Crippen LogP contribution in [-0.2, 0) is 0 Å². The van der Waals surface area contributed by atoms with Crippen LogP contribution in [0.1, 0.15) is 11.1 Å². The summed E-state index contributed by atoms with van der Waals surface area (Å²) < 4.78 is 13.1. The minimum Gasteiger partial charge on any atom is -0.383 e. The molecule has 0 fully saturated rings. The first-order valence-electron chi connectivity index (χ1n) is 6.84. The lowest BCUT2D eigenvalue weighted by Gasteiger charge is -2.22. The average molecular weight is 272 g/mol. The summed E-state index contributed by atoms with van der Waals surface area (Å²) in [5.74, 6) is -0.210. The summed E-state index contributed by atoms with van der Waals surface area (Å²) in [4.78, 5) is 2.21. The number of rotatable bonds is 5. The summed E-state index contributed by atoms with van der Waals surface area (Å²) in [6.45, 7) is 5.86. The molecule has 0 amide bonds. The maximum absolute atomic E-state index is 13.1. The Bertz CT molecular complexity index is 581. The third-order valence-electron chi connectivity index (χ3n) is 3.36. The zero-order valence-electron chi connectivity index (χ0n) is 12.3. The Labute approximate surface area is 120 Å². The van der Waals surface area contributed by atoms with Gasteiger partial charge < -0.3 is 10.2 Å². The first-order chi connectivity index (χ1) is 9.56. The number of benzene rings is 2. The average Bonchev–Trinajstić information content (AvgIpc) is 2.38. The first-order valence-corrected chi connectivity index (χ1v) is 6.84. The Kier molecular flexibility index (Phi) is 4.61. The van der Waals surface area contributed by atoms with E-state index in [0.717, 1.165) is 18.8 Å². The van der Waals surface area contributed by atoms with Crippen LogP contribution in [0.4, 0.5) is 15.8 Å². The molecule has 2 aromatic rings. The van der Waals surface area contributed by atoms with Crippen LogP contribution in [0.2, 0.25) is 0 Å². The van der Waals surface area contributed by atoms with E-state index < -0.39 is 0 Å². The molecule has 0 aliphatic carbocycles. The Balaban J connectivity index is 1.90. The van der Waals surface area contributed by atoms with Gasteiger partial charge in [-0.25, -0.2) is 4.39 Å². The van der Waals surface area contributed by atoms with Crippen LogP contribution in [0.25, 0.3) is 0 Å². The van der Waals surface area contributed by atoms with Crippen LogP contribution in [-0.4, -0.2) is 20.1 Å². The molecule has 0 spiro atoms. The molecule has 106 valence electrons. The van der Waals surface area contributed by atoms with Gasteiger partial charge in [-0.2, -0.15) is 0 Å². The van der Waals surface area contributed by atoms with Crippen molar-refractivity contribution in [1.82, 2.24) is 0 Å². The smallest absolute Gasteiger partial charge is 0.125 e. The highest BCUT2D eigenvalue weighted by atomic mass is 19.1. The number of halogens is 1. The van der Waals surface area contributed by atoms with Crippen molar-refractivity contribution in [3.63, 3.8) is 0 Å². The number of nitrogens with zero attached hydrogens (tertiary/aromatic N) is 1. The van der Waals surface area contributed by atoms with Gasteiger partial charge in [-0.1, -0.05) is 23.8 Å². The number of likely N-dealkylation sites (N-methyl/N-ethyl adjacent to an activating group) is 1. The van der Waals surface area contributed by atoms with Crippen LogP contribution in [0.3, 0.4) is 0 Å². The summed E-state index contributed by atoms with van der Waals surface area (Å²) in [6.07, 6.45) is 0. The predicted molar refractivity (Wildman–Crippen MR) is 84.1 cm³/mol. The summed E-state index contributed by atoms with van der Waals surface area (Å²) in [5.41, 5.74) is 4.60. The second-order valence-corrected chi connectivity index (χ2v) is 5.15. The standard InChI is InChI=1S/C17H21FN2/c1-13-7-8-17(14(2)11-13)20(3)10-9-19-16-6-4-5-15(18)12-16/h4-8,11-12,19H,9-10H2,1-3H3. The van der Waals surface area contributed by atoms with Crippen molar-refractivity contribution in [2.75, 3.05) is 30.4 Å². The molecule has 0 aliphatic rings. The van der Waals surface area contributed by atoms with Crippen molar-refractivity contribution in [3.05, 3.63) is 59.4 Å². The molecule has 0 aromatic heterocycles. The van der Waals surface area contributed by atoms with E-state index in [0.29, 0.717) is 0 Å². The van der Waals surface area contributed by atoms with Gasteiger partial charge in [0.1, 0.15) is 5.82 Å². The van der Waals surface area contributed by atoms with E-state index in [4.69, 9.17) is 0 Å². The molecule has 0 unspecified atom stereocenters. The zero-order chi connectivity index (χ0) is 14.5. The third kappa shape index (κ3) is 3.73. The SMILES string of the molecule is Cc1ccc(N(C)CCNc2cccc(F)c2)c(C)c1. The van der Waals surface area contributed by atoms with Crippen molar-refractivity contribution in [2.45, 2.75) is 13.8 Å².